The van der Waals surface area contributed by atoms with Gasteiger partial charge in [0.2, 0.25) is 11.9 Å². The van der Waals surface area contributed by atoms with Crippen molar-refractivity contribution in [2.75, 3.05) is 11.9 Å². The Morgan fingerprint density at radius 2 is 2.08 bits per heavy atom. The smallest absolute Gasteiger partial charge is 0.365 e. The van der Waals surface area contributed by atoms with E-state index in [2.05, 4.69) is 15.3 Å². The normalized spacial score (nSPS) is 18.2. The van der Waals surface area contributed by atoms with Crippen LogP contribution in [0.15, 0.2) is 36.5 Å². The number of hydrogen-bond acceptors (Lipinski definition) is 4. The number of nitrogens with one attached hydrogen (secondary N) is 2. The molecule has 1 fully saturated rings. The number of anilines is 1. The summed E-state index contributed by atoms with van der Waals surface area (Å²) in [6.07, 6.45) is -2.31. The second-order valence-electron chi connectivity index (χ2n) is 5.67. The lowest BCUT2D eigenvalue weighted by atomic mass is 10.2. The van der Waals surface area contributed by atoms with E-state index in [4.69, 9.17) is 0 Å². The largest absolute Gasteiger partial charge is 0.454 e. The van der Waals surface area contributed by atoms with Crippen molar-refractivity contribution in [3.05, 3.63) is 36.5 Å². The van der Waals surface area contributed by atoms with E-state index in [9.17, 15) is 22.8 Å². The number of imidazole rings is 1. The van der Waals surface area contributed by atoms with Gasteiger partial charge in [0, 0.05) is 18.8 Å². The number of hydrogen-bond donors (Lipinski definition) is 2. The molecule has 25 heavy (non-hydrogen) atoms. The number of halogens is 3. The molecule has 0 saturated carbocycles. The van der Waals surface area contributed by atoms with Crippen LogP contribution in [0.1, 0.15) is 12.8 Å². The van der Waals surface area contributed by atoms with E-state index in [0.29, 0.717) is 31.0 Å². The van der Waals surface area contributed by atoms with Gasteiger partial charge in [-0.05, 0) is 25.0 Å². The van der Waals surface area contributed by atoms with Gasteiger partial charge in [-0.25, -0.2) is 4.98 Å². The summed E-state index contributed by atoms with van der Waals surface area (Å²) >= 11 is 0. The lowest BCUT2D eigenvalue weighted by molar-refractivity contribution is -0.165. The summed E-state index contributed by atoms with van der Waals surface area (Å²) in [5.74, 6) is -2.06. The third-order valence-corrected chi connectivity index (χ3v) is 3.92. The summed E-state index contributed by atoms with van der Waals surface area (Å²) in [5, 5.41) is 2.63. The van der Waals surface area contributed by atoms with E-state index in [-0.39, 0.29) is 11.9 Å². The minimum Gasteiger partial charge on any atom is -0.365 e. The highest BCUT2D eigenvalue weighted by Gasteiger charge is 2.37. The number of likely N-dealkylation sites (tertiary alicyclic amines) is 1. The van der Waals surface area contributed by atoms with E-state index < -0.39 is 18.0 Å². The Kier molecular flexibility index (Phi) is 4.47. The summed E-state index contributed by atoms with van der Waals surface area (Å²) in [6, 6.07) is 6.59. The van der Waals surface area contributed by atoms with Gasteiger partial charge in [0.1, 0.15) is 6.04 Å². The van der Waals surface area contributed by atoms with Gasteiger partial charge in [0.15, 0.2) is 0 Å². The Morgan fingerprint density at radius 1 is 1.32 bits per heavy atom. The highest BCUT2D eigenvalue weighted by Crippen LogP contribution is 2.21. The fraction of sp³-hybridized carbons (Fsp3) is 0.312. The molecule has 2 aromatic rings. The molecule has 1 atom stereocenters. The predicted octanol–water partition coefficient (Wildman–Crippen LogP) is 2.61. The lowest BCUT2D eigenvalue weighted by Gasteiger charge is -2.21. The number of amides is 1. The Balaban J connectivity index is 1.68. The SMILES string of the molecule is O=C(Nc1nc2ccccc2[nH]1)[C@H]1CCCN1/C=C/C(=O)C(F)(F)F. The number of carbonyl (C=O) groups is 2. The van der Waals surface area contributed by atoms with Crippen molar-refractivity contribution >= 4 is 28.7 Å². The number of H-pyrrole nitrogens is 1. The monoisotopic (exact) mass is 352 g/mol. The molecule has 1 saturated heterocycles. The summed E-state index contributed by atoms with van der Waals surface area (Å²) in [6.45, 7) is 0.403. The van der Waals surface area contributed by atoms with Gasteiger partial charge >= 0.3 is 6.18 Å². The zero-order valence-electron chi connectivity index (χ0n) is 13.0. The molecule has 3 rings (SSSR count). The molecule has 2 heterocycles. The number of benzene rings is 1. The number of carbonyl (C=O) groups excluding carboxylic acids is 2. The number of aromatic amines is 1. The van der Waals surface area contributed by atoms with Crippen molar-refractivity contribution in [3.63, 3.8) is 0 Å². The van der Waals surface area contributed by atoms with Crippen molar-refractivity contribution in [3.8, 4) is 0 Å². The molecule has 1 aliphatic rings. The highest BCUT2D eigenvalue weighted by molar-refractivity contribution is 5.96. The van der Waals surface area contributed by atoms with Gasteiger partial charge < -0.3 is 9.88 Å². The number of ketones is 1. The molecule has 1 aliphatic heterocycles. The second kappa shape index (κ2) is 6.58. The van der Waals surface area contributed by atoms with Crippen molar-refractivity contribution in [1.82, 2.24) is 14.9 Å². The quantitative estimate of drug-likeness (QED) is 0.829. The molecule has 1 aromatic heterocycles. The molecule has 0 aliphatic carbocycles. The molecule has 0 unspecified atom stereocenters. The Labute approximate surface area is 140 Å². The van der Waals surface area contributed by atoms with Crippen LogP contribution in [0.4, 0.5) is 19.1 Å². The lowest BCUT2D eigenvalue weighted by Crippen LogP contribution is -2.37. The van der Waals surface area contributed by atoms with Crippen LogP contribution >= 0.6 is 0 Å². The number of nitrogens with zero attached hydrogens (tertiary/aromatic N) is 2. The molecule has 2 N–H and O–H groups in total. The van der Waals surface area contributed by atoms with E-state index in [1.54, 1.807) is 6.07 Å². The van der Waals surface area contributed by atoms with Crippen LogP contribution in [0, 0.1) is 0 Å². The zero-order valence-corrected chi connectivity index (χ0v) is 13.0. The molecule has 1 aromatic carbocycles. The van der Waals surface area contributed by atoms with Crippen molar-refractivity contribution in [1.29, 1.82) is 0 Å². The Bertz CT molecular complexity index is 795. The molecule has 6 nitrogen and oxygen atoms in total. The number of allylic oxidation sites excluding steroid dienone is 1. The van der Waals surface area contributed by atoms with Crippen LogP contribution in [0.2, 0.25) is 0 Å². The molecule has 1 amide bonds. The first-order valence-corrected chi connectivity index (χ1v) is 7.65. The van der Waals surface area contributed by atoms with Crippen LogP contribution in [0.3, 0.4) is 0 Å². The summed E-state index contributed by atoms with van der Waals surface area (Å²) in [7, 11) is 0. The van der Waals surface area contributed by atoms with E-state index in [1.807, 2.05) is 18.2 Å². The fourth-order valence-corrected chi connectivity index (χ4v) is 2.72. The van der Waals surface area contributed by atoms with Gasteiger partial charge in [0.25, 0.3) is 5.78 Å². The number of fused-ring (bicyclic) bond motifs is 1. The van der Waals surface area contributed by atoms with Crippen LogP contribution in [0.5, 0.6) is 0 Å². The van der Waals surface area contributed by atoms with Crippen LogP contribution in [-0.2, 0) is 9.59 Å². The Hall–Kier alpha value is -2.84. The molecule has 0 bridgehead atoms. The molecular weight excluding hydrogens is 337 g/mol. The standard InChI is InChI=1S/C16H15F3N4O2/c17-16(18,19)13(24)7-9-23-8-3-6-12(23)14(25)22-15-20-10-4-1-2-5-11(10)21-15/h1-2,4-5,7,9,12H,3,6,8H2,(H2,20,21,22,25)/b9-7+/t12-/m1/s1. The number of rotatable bonds is 4. The van der Waals surface area contributed by atoms with Crippen LogP contribution < -0.4 is 5.32 Å². The number of alkyl halides is 3. The predicted molar refractivity (Wildman–Crippen MR) is 84.7 cm³/mol. The minimum absolute atomic E-state index is 0.272. The van der Waals surface area contributed by atoms with Gasteiger partial charge in [-0.3, -0.25) is 14.9 Å². The van der Waals surface area contributed by atoms with Gasteiger partial charge in [-0.1, -0.05) is 12.1 Å². The zero-order chi connectivity index (χ0) is 18.0. The first-order chi connectivity index (χ1) is 11.8. The van der Waals surface area contributed by atoms with E-state index >= 15 is 0 Å². The topological polar surface area (TPSA) is 78.1 Å². The van der Waals surface area contributed by atoms with Crippen LogP contribution in [-0.4, -0.2) is 45.3 Å². The second-order valence-corrected chi connectivity index (χ2v) is 5.67. The van der Waals surface area contributed by atoms with Gasteiger partial charge in [-0.15, -0.1) is 0 Å². The van der Waals surface area contributed by atoms with E-state index in [0.717, 1.165) is 11.7 Å². The molecular formula is C16H15F3N4O2. The minimum atomic E-state index is -4.91. The molecule has 9 heteroatoms. The summed E-state index contributed by atoms with van der Waals surface area (Å²) in [4.78, 5) is 31.9. The first-order valence-electron chi connectivity index (χ1n) is 7.65. The van der Waals surface area contributed by atoms with E-state index in [1.165, 1.54) is 4.90 Å². The van der Waals surface area contributed by atoms with Gasteiger partial charge in [-0.2, -0.15) is 13.2 Å². The summed E-state index contributed by atoms with van der Waals surface area (Å²) < 4.78 is 36.8. The average Bonchev–Trinajstić information content (AvgIpc) is 3.17. The maximum absolute atomic E-state index is 12.4. The third-order valence-electron chi connectivity index (χ3n) is 3.92. The maximum Gasteiger partial charge on any atom is 0.454 e. The molecule has 132 valence electrons. The van der Waals surface area contributed by atoms with Crippen molar-refractivity contribution in [2.45, 2.75) is 25.1 Å². The summed E-state index contributed by atoms with van der Waals surface area (Å²) in [5.41, 5.74) is 1.45. The molecule has 0 spiro atoms. The highest BCUT2D eigenvalue weighted by atomic mass is 19.4. The number of para-hydroxylation sites is 2. The first kappa shape index (κ1) is 17.0. The Morgan fingerprint density at radius 3 is 2.80 bits per heavy atom. The van der Waals surface area contributed by atoms with Crippen molar-refractivity contribution < 1.29 is 22.8 Å². The third kappa shape index (κ3) is 3.81. The maximum atomic E-state index is 12.4. The average molecular weight is 352 g/mol. The van der Waals surface area contributed by atoms with Gasteiger partial charge in [0.05, 0.1) is 11.0 Å². The number of aromatic nitrogens is 2. The molecule has 0 radical (unpaired) electrons. The fourth-order valence-electron chi connectivity index (χ4n) is 2.72. The van der Waals surface area contributed by atoms with Crippen LogP contribution in [0.25, 0.3) is 11.0 Å². The van der Waals surface area contributed by atoms with Crippen molar-refractivity contribution in [2.24, 2.45) is 0 Å².